The van der Waals surface area contributed by atoms with Crippen molar-refractivity contribution in [3.8, 4) is 5.88 Å². The molecule has 1 aliphatic rings. The van der Waals surface area contributed by atoms with Crippen LogP contribution in [-0.4, -0.2) is 45.0 Å². The third-order valence-electron chi connectivity index (χ3n) is 4.52. The first-order valence-corrected chi connectivity index (χ1v) is 8.80. The van der Waals surface area contributed by atoms with E-state index in [9.17, 15) is 4.79 Å². The molecule has 26 heavy (non-hydrogen) atoms. The number of nitrogens with zero attached hydrogens (tertiary/aromatic N) is 4. The zero-order valence-corrected chi connectivity index (χ0v) is 14.6. The van der Waals surface area contributed by atoms with Crippen LogP contribution in [0.25, 0.3) is 10.9 Å². The highest BCUT2D eigenvalue weighted by molar-refractivity contribution is 5.95. The molecule has 1 fully saturated rings. The second-order valence-electron chi connectivity index (χ2n) is 6.46. The zero-order chi connectivity index (χ0) is 17.9. The van der Waals surface area contributed by atoms with E-state index in [2.05, 4.69) is 15.0 Å². The molecule has 132 valence electrons. The van der Waals surface area contributed by atoms with E-state index in [1.54, 1.807) is 18.3 Å². The third kappa shape index (κ3) is 3.49. The van der Waals surface area contributed by atoms with Gasteiger partial charge in [-0.3, -0.25) is 4.79 Å². The number of benzene rings is 1. The lowest BCUT2D eigenvalue weighted by atomic mass is 10.1. The number of amides is 1. The summed E-state index contributed by atoms with van der Waals surface area (Å²) >= 11 is 0. The molecule has 1 aliphatic heterocycles. The second kappa shape index (κ2) is 7.07. The molecule has 0 aliphatic carbocycles. The van der Waals surface area contributed by atoms with Gasteiger partial charge in [0.15, 0.2) is 0 Å². The predicted molar refractivity (Wildman–Crippen MR) is 98.1 cm³/mol. The van der Waals surface area contributed by atoms with Crippen molar-refractivity contribution in [1.82, 2.24) is 19.9 Å². The van der Waals surface area contributed by atoms with E-state index in [1.165, 1.54) is 0 Å². The van der Waals surface area contributed by atoms with Crippen LogP contribution in [0, 0.1) is 6.92 Å². The number of ether oxygens (including phenoxy) is 1. The highest BCUT2D eigenvalue weighted by atomic mass is 16.5. The van der Waals surface area contributed by atoms with Gasteiger partial charge in [0.25, 0.3) is 5.91 Å². The summed E-state index contributed by atoms with van der Waals surface area (Å²) in [6.07, 6.45) is 3.41. The standard InChI is InChI=1S/C20H20N4O2/c1-14-21-11-10-19(22-14)26-16-6-4-12-24(13-16)20(25)18-9-8-15-5-2-3-7-17(15)23-18/h2-3,5,7-11,16H,4,6,12-13H2,1H3. The molecule has 2 aromatic heterocycles. The molecule has 6 nitrogen and oxygen atoms in total. The minimum Gasteiger partial charge on any atom is -0.472 e. The number of pyridine rings is 1. The lowest BCUT2D eigenvalue weighted by Gasteiger charge is -2.32. The Morgan fingerprint density at radius 1 is 1.15 bits per heavy atom. The first-order valence-electron chi connectivity index (χ1n) is 8.80. The quantitative estimate of drug-likeness (QED) is 0.728. The minimum absolute atomic E-state index is 0.0529. The average Bonchev–Trinajstić information content (AvgIpc) is 2.67. The average molecular weight is 348 g/mol. The van der Waals surface area contributed by atoms with E-state index in [0.717, 1.165) is 30.3 Å². The van der Waals surface area contributed by atoms with Crippen LogP contribution >= 0.6 is 0 Å². The van der Waals surface area contributed by atoms with Crippen molar-refractivity contribution in [2.75, 3.05) is 13.1 Å². The van der Waals surface area contributed by atoms with Gasteiger partial charge in [-0.25, -0.2) is 9.97 Å². The Bertz CT molecular complexity index is 944. The molecule has 0 spiro atoms. The molecule has 1 saturated heterocycles. The number of likely N-dealkylation sites (tertiary alicyclic amines) is 1. The van der Waals surface area contributed by atoms with E-state index < -0.39 is 0 Å². The van der Waals surface area contributed by atoms with Crippen LogP contribution in [-0.2, 0) is 0 Å². The first-order chi connectivity index (χ1) is 12.7. The van der Waals surface area contributed by atoms with Gasteiger partial charge in [0, 0.05) is 24.2 Å². The van der Waals surface area contributed by atoms with E-state index in [4.69, 9.17) is 4.74 Å². The van der Waals surface area contributed by atoms with Crippen LogP contribution < -0.4 is 4.74 Å². The number of para-hydroxylation sites is 1. The summed E-state index contributed by atoms with van der Waals surface area (Å²) < 4.78 is 5.96. The van der Waals surface area contributed by atoms with Crippen LogP contribution in [0.15, 0.2) is 48.7 Å². The van der Waals surface area contributed by atoms with Gasteiger partial charge >= 0.3 is 0 Å². The van der Waals surface area contributed by atoms with Gasteiger partial charge in [-0.15, -0.1) is 0 Å². The highest BCUT2D eigenvalue weighted by Gasteiger charge is 2.26. The second-order valence-corrected chi connectivity index (χ2v) is 6.46. The van der Waals surface area contributed by atoms with Crippen LogP contribution in [0.1, 0.15) is 29.2 Å². The maximum absolute atomic E-state index is 12.9. The molecule has 1 aromatic carbocycles. The molecule has 0 N–H and O–H groups in total. The fourth-order valence-corrected chi connectivity index (χ4v) is 3.24. The SMILES string of the molecule is Cc1nccc(OC2CCCN(C(=O)c3ccc4ccccc4n3)C2)n1. The Labute approximate surface area is 151 Å². The summed E-state index contributed by atoms with van der Waals surface area (Å²) in [6, 6.07) is 13.3. The number of rotatable bonds is 3. The summed E-state index contributed by atoms with van der Waals surface area (Å²) in [5, 5.41) is 1.03. The zero-order valence-electron chi connectivity index (χ0n) is 14.6. The number of aromatic nitrogens is 3. The lowest BCUT2D eigenvalue weighted by Crippen LogP contribution is -2.44. The number of piperidine rings is 1. The van der Waals surface area contributed by atoms with Crippen LogP contribution in [0.5, 0.6) is 5.88 Å². The summed E-state index contributed by atoms with van der Waals surface area (Å²) in [7, 11) is 0. The van der Waals surface area contributed by atoms with Crippen LogP contribution in [0.2, 0.25) is 0 Å². The van der Waals surface area contributed by atoms with Gasteiger partial charge in [-0.2, -0.15) is 4.98 Å². The number of hydrogen-bond donors (Lipinski definition) is 0. The Morgan fingerprint density at radius 2 is 2.04 bits per heavy atom. The molecule has 0 bridgehead atoms. The fourth-order valence-electron chi connectivity index (χ4n) is 3.24. The van der Waals surface area contributed by atoms with E-state index >= 15 is 0 Å². The van der Waals surface area contributed by atoms with Crippen molar-refractivity contribution in [3.63, 3.8) is 0 Å². The monoisotopic (exact) mass is 348 g/mol. The molecule has 1 atom stereocenters. The summed E-state index contributed by atoms with van der Waals surface area (Å²) in [5.41, 5.74) is 1.31. The molecule has 3 aromatic rings. The molecule has 6 heteroatoms. The lowest BCUT2D eigenvalue weighted by molar-refractivity contribution is 0.0522. The van der Waals surface area contributed by atoms with Gasteiger partial charge in [0.1, 0.15) is 17.6 Å². The minimum atomic E-state index is -0.0672. The molecule has 1 unspecified atom stereocenters. The Morgan fingerprint density at radius 3 is 2.92 bits per heavy atom. The van der Waals surface area contributed by atoms with Gasteiger partial charge in [-0.1, -0.05) is 24.3 Å². The van der Waals surface area contributed by atoms with Crippen LogP contribution in [0.3, 0.4) is 0 Å². The van der Waals surface area contributed by atoms with Crippen molar-refractivity contribution in [3.05, 3.63) is 60.2 Å². The maximum atomic E-state index is 12.9. The molecule has 4 rings (SSSR count). The van der Waals surface area contributed by atoms with Crippen molar-refractivity contribution in [2.45, 2.75) is 25.9 Å². The van der Waals surface area contributed by atoms with Gasteiger partial charge < -0.3 is 9.64 Å². The summed E-state index contributed by atoms with van der Waals surface area (Å²) in [6.45, 7) is 3.08. The smallest absolute Gasteiger partial charge is 0.272 e. The third-order valence-corrected chi connectivity index (χ3v) is 4.52. The highest BCUT2D eigenvalue weighted by Crippen LogP contribution is 2.19. The summed E-state index contributed by atoms with van der Waals surface area (Å²) in [5.74, 6) is 1.18. The molecule has 0 radical (unpaired) electrons. The molecular formula is C20H20N4O2. The normalized spacial score (nSPS) is 17.3. The van der Waals surface area contributed by atoms with E-state index in [0.29, 0.717) is 23.9 Å². The first kappa shape index (κ1) is 16.4. The van der Waals surface area contributed by atoms with Crippen molar-refractivity contribution in [1.29, 1.82) is 0 Å². The summed E-state index contributed by atoms with van der Waals surface area (Å²) in [4.78, 5) is 27.6. The number of carbonyl (C=O) groups excluding carboxylic acids is 1. The Kier molecular flexibility index (Phi) is 4.48. The van der Waals surface area contributed by atoms with Crippen molar-refractivity contribution < 1.29 is 9.53 Å². The number of fused-ring (bicyclic) bond motifs is 1. The van der Waals surface area contributed by atoms with Gasteiger partial charge in [0.05, 0.1) is 12.1 Å². The number of carbonyl (C=O) groups is 1. The largest absolute Gasteiger partial charge is 0.472 e. The van der Waals surface area contributed by atoms with Crippen molar-refractivity contribution >= 4 is 16.8 Å². The molecule has 1 amide bonds. The fraction of sp³-hybridized carbons (Fsp3) is 0.300. The van der Waals surface area contributed by atoms with Gasteiger partial charge in [0.2, 0.25) is 5.88 Å². The van der Waals surface area contributed by atoms with Crippen LogP contribution in [0.4, 0.5) is 0 Å². The molecular weight excluding hydrogens is 328 g/mol. The predicted octanol–water partition coefficient (Wildman–Crippen LogP) is 3.02. The van der Waals surface area contributed by atoms with Crippen molar-refractivity contribution in [2.24, 2.45) is 0 Å². The maximum Gasteiger partial charge on any atom is 0.272 e. The van der Waals surface area contributed by atoms with E-state index in [-0.39, 0.29) is 12.0 Å². The number of aryl methyl sites for hydroxylation is 1. The molecule has 3 heterocycles. The molecule has 0 saturated carbocycles. The topological polar surface area (TPSA) is 68.2 Å². The Balaban J connectivity index is 1.48. The van der Waals surface area contributed by atoms with E-state index in [1.807, 2.05) is 42.2 Å². The number of hydrogen-bond acceptors (Lipinski definition) is 5. The Hall–Kier alpha value is -3.02. The van der Waals surface area contributed by atoms with Gasteiger partial charge in [-0.05, 0) is 31.9 Å².